The summed E-state index contributed by atoms with van der Waals surface area (Å²) in [5.74, 6) is 0.494. The van der Waals surface area contributed by atoms with E-state index < -0.39 is 0 Å². The van der Waals surface area contributed by atoms with Crippen molar-refractivity contribution in [1.82, 2.24) is 10.6 Å². The molecule has 152 valence electrons. The Morgan fingerprint density at radius 1 is 1.07 bits per heavy atom. The van der Waals surface area contributed by atoms with Gasteiger partial charge in [0.2, 0.25) is 0 Å². The van der Waals surface area contributed by atoms with Crippen LogP contribution in [0.3, 0.4) is 0 Å². The van der Waals surface area contributed by atoms with Crippen molar-refractivity contribution in [1.29, 1.82) is 0 Å². The molecule has 2 aromatic carbocycles. The van der Waals surface area contributed by atoms with Crippen LogP contribution in [0.1, 0.15) is 17.5 Å². The summed E-state index contributed by atoms with van der Waals surface area (Å²) in [5.41, 5.74) is 2.89. The summed E-state index contributed by atoms with van der Waals surface area (Å²) in [7, 11) is 0. The van der Waals surface area contributed by atoms with Crippen molar-refractivity contribution >= 4 is 27.5 Å². The van der Waals surface area contributed by atoms with Gasteiger partial charge in [0.25, 0.3) is 5.91 Å². The van der Waals surface area contributed by atoms with Gasteiger partial charge < -0.3 is 25.8 Å². The summed E-state index contributed by atoms with van der Waals surface area (Å²) >= 11 is 3.48. The molecule has 0 aliphatic rings. The van der Waals surface area contributed by atoms with E-state index in [0.29, 0.717) is 18.8 Å². The molecule has 0 aromatic heterocycles. The number of rotatable bonds is 12. The number of hydrogen-bond acceptors (Lipinski definition) is 5. The summed E-state index contributed by atoms with van der Waals surface area (Å²) in [6.45, 7) is 5.08. The van der Waals surface area contributed by atoms with Crippen LogP contribution in [0.25, 0.3) is 0 Å². The number of benzene rings is 2. The molecule has 7 heteroatoms. The van der Waals surface area contributed by atoms with Gasteiger partial charge in [-0.05, 0) is 56.8 Å². The lowest BCUT2D eigenvalue weighted by Gasteiger charge is -2.13. The third kappa shape index (κ3) is 8.39. The van der Waals surface area contributed by atoms with Crippen LogP contribution in [0.4, 0.5) is 5.69 Å². The zero-order valence-electron chi connectivity index (χ0n) is 16.1. The van der Waals surface area contributed by atoms with Crippen LogP contribution in [0.2, 0.25) is 0 Å². The molecule has 2 aromatic rings. The first-order chi connectivity index (χ1) is 13.6. The molecular formula is C21H28BrN3O3. The molecule has 0 atom stereocenters. The number of carbonyl (C=O) groups is 1. The van der Waals surface area contributed by atoms with Crippen LogP contribution >= 0.6 is 15.9 Å². The van der Waals surface area contributed by atoms with E-state index in [1.165, 1.54) is 0 Å². The maximum absolute atomic E-state index is 12.1. The summed E-state index contributed by atoms with van der Waals surface area (Å²) in [6, 6.07) is 13.4. The van der Waals surface area contributed by atoms with Crippen molar-refractivity contribution in [3.63, 3.8) is 0 Å². The number of ether oxygens (including phenoxy) is 1. The van der Waals surface area contributed by atoms with Crippen LogP contribution < -0.4 is 20.7 Å². The van der Waals surface area contributed by atoms with Crippen molar-refractivity contribution in [2.24, 2.45) is 0 Å². The molecular weight excluding hydrogens is 422 g/mol. The number of anilines is 1. The van der Waals surface area contributed by atoms with Crippen molar-refractivity contribution in [3.05, 3.63) is 58.1 Å². The number of halogens is 1. The Morgan fingerprint density at radius 2 is 1.82 bits per heavy atom. The minimum absolute atomic E-state index is 0.0480. The molecule has 1 amide bonds. The fourth-order valence-electron chi connectivity index (χ4n) is 2.57. The molecule has 0 unspecified atom stereocenters. The number of aliphatic hydroxyl groups is 1. The Hall–Kier alpha value is -1.93. The summed E-state index contributed by atoms with van der Waals surface area (Å²) in [4.78, 5) is 12.1. The van der Waals surface area contributed by atoms with E-state index in [-0.39, 0.29) is 19.1 Å². The zero-order chi connectivity index (χ0) is 20.2. The van der Waals surface area contributed by atoms with Crippen LogP contribution in [0.5, 0.6) is 5.75 Å². The lowest BCUT2D eigenvalue weighted by atomic mass is 10.2. The van der Waals surface area contributed by atoms with Crippen LogP contribution in [-0.2, 0) is 11.3 Å². The second-order valence-electron chi connectivity index (χ2n) is 6.46. The van der Waals surface area contributed by atoms with Gasteiger partial charge in [-0.15, -0.1) is 0 Å². The lowest BCUT2D eigenvalue weighted by Crippen LogP contribution is -2.24. The first-order valence-corrected chi connectivity index (χ1v) is 10.2. The van der Waals surface area contributed by atoms with Gasteiger partial charge in [0.15, 0.2) is 6.61 Å². The van der Waals surface area contributed by atoms with E-state index in [2.05, 4.69) is 31.9 Å². The SMILES string of the molecule is Cc1ccc(NC(=O)COc2ccc(Br)cc2CNCCCNCCO)cc1. The van der Waals surface area contributed by atoms with Crippen molar-refractivity contribution in [2.75, 3.05) is 38.2 Å². The third-order valence-electron chi connectivity index (χ3n) is 4.03. The van der Waals surface area contributed by atoms with Gasteiger partial charge in [-0.3, -0.25) is 4.79 Å². The van der Waals surface area contributed by atoms with E-state index in [1.807, 2.05) is 49.4 Å². The Labute approximate surface area is 174 Å². The van der Waals surface area contributed by atoms with E-state index in [4.69, 9.17) is 9.84 Å². The molecule has 0 saturated carbocycles. The second kappa shape index (κ2) is 12.5. The first kappa shape index (κ1) is 22.4. The fraction of sp³-hybridized carbons (Fsp3) is 0.381. The molecule has 0 aliphatic carbocycles. The molecule has 6 nitrogen and oxygen atoms in total. The van der Waals surface area contributed by atoms with E-state index >= 15 is 0 Å². The normalized spacial score (nSPS) is 10.7. The number of aliphatic hydroxyl groups excluding tert-OH is 1. The number of nitrogens with one attached hydrogen (secondary N) is 3. The Bertz CT molecular complexity index is 738. The van der Waals surface area contributed by atoms with Crippen molar-refractivity contribution in [3.8, 4) is 5.75 Å². The molecule has 28 heavy (non-hydrogen) atoms. The second-order valence-corrected chi connectivity index (χ2v) is 7.37. The smallest absolute Gasteiger partial charge is 0.262 e. The molecule has 0 radical (unpaired) electrons. The van der Waals surface area contributed by atoms with Gasteiger partial charge in [-0.1, -0.05) is 33.6 Å². The molecule has 0 bridgehead atoms. The topological polar surface area (TPSA) is 82.6 Å². The average molecular weight is 450 g/mol. The highest BCUT2D eigenvalue weighted by atomic mass is 79.9. The van der Waals surface area contributed by atoms with Crippen molar-refractivity contribution in [2.45, 2.75) is 19.9 Å². The Balaban J connectivity index is 1.80. The molecule has 0 spiro atoms. The minimum Gasteiger partial charge on any atom is -0.483 e. The van der Waals surface area contributed by atoms with E-state index in [1.54, 1.807) is 0 Å². The van der Waals surface area contributed by atoms with Gasteiger partial charge in [0.05, 0.1) is 6.61 Å². The van der Waals surface area contributed by atoms with Crippen molar-refractivity contribution < 1.29 is 14.6 Å². The number of aryl methyl sites for hydroxylation is 1. The maximum Gasteiger partial charge on any atom is 0.262 e. The molecule has 2 rings (SSSR count). The highest BCUT2D eigenvalue weighted by Gasteiger charge is 2.08. The first-order valence-electron chi connectivity index (χ1n) is 9.38. The number of amides is 1. The fourth-order valence-corrected chi connectivity index (χ4v) is 2.98. The standard InChI is InChI=1S/C21H28BrN3O3/c1-16-3-6-19(7-4-16)25-21(27)15-28-20-8-5-18(22)13-17(20)14-24-10-2-9-23-11-12-26/h3-8,13,23-24,26H,2,9-12,14-15H2,1H3,(H,25,27). The summed E-state index contributed by atoms with van der Waals surface area (Å²) in [5, 5.41) is 18.1. The third-order valence-corrected chi connectivity index (χ3v) is 4.52. The number of carbonyl (C=O) groups excluding carboxylic acids is 1. The van der Waals surface area contributed by atoms with Crippen LogP contribution in [0, 0.1) is 6.92 Å². The zero-order valence-corrected chi connectivity index (χ0v) is 17.7. The van der Waals surface area contributed by atoms with Gasteiger partial charge >= 0.3 is 0 Å². The number of hydrogen-bond donors (Lipinski definition) is 4. The Kier molecular flexibility index (Phi) is 9.99. The highest BCUT2D eigenvalue weighted by molar-refractivity contribution is 9.10. The van der Waals surface area contributed by atoms with Gasteiger partial charge in [-0.25, -0.2) is 0 Å². The highest BCUT2D eigenvalue weighted by Crippen LogP contribution is 2.23. The lowest BCUT2D eigenvalue weighted by molar-refractivity contribution is -0.118. The Morgan fingerprint density at radius 3 is 2.57 bits per heavy atom. The summed E-state index contributed by atoms with van der Waals surface area (Å²) < 4.78 is 6.71. The van der Waals surface area contributed by atoms with Crippen LogP contribution in [-0.4, -0.2) is 43.9 Å². The summed E-state index contributed by atoms with van der Waals surface area (Å²) in [6.07, 6.45) is 0.961. The average Bonchev–Trinajstić information content (AvgIpc) is 2.68. The molecule has 0 aliphatic heterocycles. The largest absolute Gasteiger partial charge is 0.483 e. The van der Waals surface area contributed by atoms with Gasteiger partial charge in [0, 0.05) is 28.8 Å². The van der Waals surface area contributed by atoms with Gasteiger partial charge in [0.1, 0.15) is 5.75 Å². The quantitative estimate of drug-likeness (QED) is 0.374. The molecule has 0 heterocycles. The molecule has 0 saturated heterocycles. The monoisotopic (exact) mass is 449 g/mol. The van der Waals surface area contributed by atoms with E-state index in [0.717, 1.165) is 40.8 Å². The minimum atomic E-state index is -0.194. The maximum atomic E-state index is 12.1. The van der Waals surface area contributed by atoms with Crippen LogP contribution in [0.15, 0.2) is 46.9 Å². The van der Waals surface area contributed by atoms with E-state index in [9.17, 15) is 4.79 Å². The predicted octanol–water partition coefficient (Wildman–Crippen LogP) is 2.84. The molecule has 0 fully saturated rings. The van der Waals surface area contributed by atoms with Gasteiger partial charge in [-0.2, -0.15) is 0 Å². The predicted molar refractivity (Wildman–Crippen MR) is 116 cm³/mol. The molecule has 4 N–H and O–H groups in total.